The summed E-state index contributed by atoms with van der Waals surface area (Å²) in [6, 6.07) is 4.47. The van der Waals surface area contributed by atoms with E-state index in [0.29, 0.717) is 4.47 Å². The zero-order chi connectivity index (χ0) is 13.0. The summed E-state index contributed by atoms with van der Waals surface area (Å²) in [5, 5.41) is 2.70. The molecular weight excluding hydrogens is 289 g/mol. The summed E-state index contributed by atoms with van der Waals surface area (Å²) in [5.41, 5.74) is 0. The lowest BCUT2D eigenvalue weighted by Crippen LogP contribution is -2.40. The van der Waals surface area contributed by atoms with E-state index in [-0.39, 0.29) is 17.7 Å². The first kappa shape index (κ1) is 14.0. The van der Waals surface area contributed by atoms with E-state index in [9.17, 15) is 9.18 Å². The Labute approximate surface area is 108 Å². The van der Waals surface area contributed by atoms with Crippen molar-refractivity contribution in [2.75, 3.05) is 0 Å². The second-order valence-electron chi connectivity index (χ2n) is 4.00. The van der Waals surface area contributed by atoms with E-state index < -0.39 is 11.9 Å². The minimum atomic E-state index is -0.729. The van der Waals surface area contributed by atoms with Gasteiger partial charge in [0.25, 0.3) is 5.91 Å². The molecule has 0 aliphatic carbocycles. The summed E-state index contributed by atoms with van der Waals surface area (Å²) in [5.74, 6) is -0.689. The quantitative estimate of drug-likeness (QED) is 0.929. The minimum Gasteiger partial charge on any atom is -0.478 e. The van der Waals surface area contributed by atoms with Crippen LogP contribution in [-0.2, 0) is 4.79 Å². The van der Waals surface area contributed by atoms with Gasteiger partial charge in [-0.25, -0.2) is 4.39 Å². The van der Waals surface area contributed by atoms with Crippen molar-refractivity contribution in [2.45, 2.75) is 32.9 Å². The highest BCUT2D eigenvalue weighted by Crippen LogP contribution is 2.22. The van der Waals surface area contributed by atoms with Crippen LogP contribution < -0.4 is 10.1 Å². The fourth-order valence-electron chi connectivity index (χ4n) is 1.22. The maximum absolute atomic E-state index is 13.5. The van der Waals surface area contributed by atoms with Crippen molar-refractivity contribution >= 4 is 21.8 Å². The number of ether oxygens (including phenoxy) is 1. The van der Waals surface area contributed by atoms with Crippen LogP contribution in [0.15, 0.2) is 22.7 Å². The molecule has 0 radical (unpaired) electrons. The highest BCUT2D eigenvalue weighted by atomic mass is 79.9. The van der Waals surface area contributed by atoms with Gasteiger partial charge in [0.05, 0.1) is 0 Å². The van der Waals surface area contributed by atoms with Crippen LogP contribution in [0.3, 0.4) is 0 Å². The number of carbonyl (C=O) groups excluding carboxylic acids is 1. The van der Waals surface area contributed by atoms with Gasteiger partial charge in [-0.15, -0.1) is 0 Å². The summed E-state index contributed by atoms with van der Waals surface area (Å²) in [7, 11) is 0. The Morgan fingerprint density at radius 2 is 2.06 bits per heavy atom. The van der Waals surface area contributed by atoms with Gasteiger partial charge < -0.3 is 10.1 Å². The molecule has 1 aromatic rings. The molecule has 0 aliphatic rings. The Bertz CT molecular complexity index is 409. The van der Waals surface area contributed by atoms with E-state index >= 15 is 0 Å². The lowest BCUT2D eigenvalue weighted by molar-refractivity contribution is -0.127. The van der Waals surface area contributed by atoms with Gasteiger partial charge in [-0.1, -0.05) is 15.9 Å². The number of amides is 1. The van der Waals surface area contributed by atoms with Gasteiger partial charge in [0, 0.05) is 10.5 Å². The first-order valence-corrected chi connectivity index (χ1v) is 6.11. The molecule has 1 rings (SSSR count). The largest absolute Gasteiger partial charge is 0.478 e. The Morgan fingerprint density at radius 1 is 1.41 bits per heavy atom. The monoisotopic (exact) mass is 303 g/mol. The highest BCUT2D eigenvalue weighted by Gasteiger charge is 2.17. The minimum absolute atomic E-state index is 0.0308. The van der Waals surface area contributed by atoms with Crippen molar-refractivity contribution in [2.24, 2.45) is 0 Å². The van der Waals surface area contributed by atoms with E-state index in [1.54, 1.807) is 13.0 Å². The van der Waals surface area contributed by atoms with Crippen LogP contribution >= 0.6 is 15.9 Å². The standard InChI is InChI=1S/C12H15BrFNO2/c1-7(2)15-12(16)8(3)17-11-5-4-9(13)6-10(11)14/h4-8H,1-3H3,(H,15,16). The van der Waals surface area contributed by atoms with Crippen molar-refractivity contribution in [1.29, 1.82) is 0 Å². The number of halogens is 2. The molecule has 0 spiro atoms. The molecule has 0 fully saturated rings. The number of rotatable bonds is 4. The van der Waals surface area contributed by atoms with Gasteiger partial charge in [-0.05, 0) is 39.0 Å². The van der Waals surface area contributed by atoms with Gasteiger partial charge in [-0.2, -0.15) is 0 Å². The van der Waals surface area contributed by atoms with Crippen molar-refractivity contribution < 1.29 is 13.9 Å². The SMILES string of the molecule is CC(C)NC(=O)C(C)Oc1ccc(Br)cc1F. The third-order valence-corrected chi connectivity index (χ3v) is 2.49. The molecule has 5 heteroatoms. The molecule has 3 nitrogen and oxygen atoms in total. The van der Waals surface area contributed by atoms with Gasteiger partial charge >= 0.3 is 0 Å². The van der Waals surface area contributed by atoms with Crippen LogP contribution in [0, 0.1) is 5.82 Å². The van der Waals surface area contributed by atoms with Crippen LogP contribution in [0.4, 0.5) is 4.39 Å². The van der Waals surface area contributed by atoms with E-state index in [4.69, 9.17) is 4.74 Å². The molecular formula is C12H15BrFNO2. The summed E-state index contributed by atoms with van der Waals surface area (Å²) >= 11 is 3.15. The van der Waals surface area contributed by atoms with Crippen molar-refractivity contribution in [3.8, 4) is 5.75 Å². The number of nitrogens with one attached hydrogen (secondary N) is 1. The summed E-state index contributed by atoms with van der Waals surface area (Å²) in [4.78, 5) is 11.6. The molecule has 0 saturated carbocycles. The molecule has 1 N–H and O–H groups in total. The van der Waals surface area contributed by atoms with Gasteiger partial charge in [-0.3, -0.25) is 4.79 Å². The average molecular weight is 304 g/mol. The number of benzene rings is 1. The first-order valence-electron chi connectivity index (χ1n) is 5.32. The van der Waals surface area contributed by atoms with Crippen LogP contribution in [0.25, 0.3) is 0 Å². The Kier molecular flexibility index (Phi) is 4.93. The summed E-state index contributed by atoms with van der Waals surface area (Å²) < 4.78 is 19.3. The molecule has 0 aliphatic heterocycles. The zero-order valence-electron chi connectivity index (χ0n) is 9.96. The number of carbonyl (C=O) groups is 1. The molecule has 0 heterocycles. The first-order chi connectivity index (χ1) is 7.90. The van der Waals surface area contributed by atoms with E-state index in [1.165, 1.54) is 12.1 Å². The molecule has 1 atom stereocenters. The molecule has 17 heavy (non-hydrogen) atoms. The van der Waals surface area contributed by atoms with Crippen LogP contribution in [-0.4, -0.2) is 18.1 Å². The Hall–Kier alpha value is -1.10. The Balaban J connectivity index is 2.67. The zero-order valence-corrected chi connectivity index (χ0v) is 11.5. The van der Waals surface area contributed by atoms with Gasteiger partial charge in [0.15, 0.2) is 17.7 Å². The predicted octanol–water partition coefficient (Wildman–Crippen LogP) is 2.88. The van der Waals surface area contributed by atoms with Crippen molar-refractivity contribution in [3.05, 3.63) is 28.5 Å². The molecule has 1 aromatic carbocycles. The normalized spacial score (nSPS) is 12.4. The lowest BCUT2D eigenvalue weighted by atomic mass is 10.3. The summed E-state index contributed by atoms with van der Waals surface area (Å²) in [6.45, 7) is 5.29. The second kappa shape index (κ2) is 6.00. The van der Waals surface area contributed by atoms with E-state index in [0.717, 1.165) is 0 Å². The fourth-order valence-corrected chi connectivity index (χ4v) is 1.55. The fraction of sp³-hybridized carbons (Fsp3) is 0.417. The maximum Gasteiger partial charge on any atom is 0.260 e. The topological polar surface area (TPSA) is 38.3 Å². The maximum atomic E-state index is 13.5. The van der Waals surface area contributed by atoms with E-state index in [2.05, 4.69) is 21.2 Å². The number of hydrogen-bond donors (Lipinski definition) is 1. The van der Waals surface area contributed by atoms with Crippen LogP contribution in [0.5, 0.6) is 5.75 Å². The molecule has 1 amide bonds. The van der Waals surface area contributed by atoms with Crippen molar-refractivity contribution in [3.63, 3.8) is 0 Å². The second-order valence-corrected chi connectivity index (χ2v) is 4.91. The Morgan fingerprint density at radius 3 is 2.59 bits per heavy atom. The number of hydrogen-bond acceptors (Lipinski definition) is 2. The van der Waals surface area contributed by atoms with Gasteiger partial charge in [0.1, 0.15) is 0 Å². The molecule has 0 bridgehead atoms. The predicted molar refractivity (Wildman–Crippen MR) is 67.5 cm³/mol. The molecule has 0 saturated heterocycles. The van der Waals surface area contributed by atoms with Crippen molar-refractivity contribution in [1.82, 2.24) is 5.32 Å². The third kappa shape index (κ3) is 4.34. The third-order valence-electron chi connectivity index (χ3n) is 2.00. The molecule has 0 aromatic heterocycles. The summed E-state index contributed by atoms with van der Waals surface area (Å²) in [6.07, 6.45) is -0.729. The lowest BCUT2D eigenvalue weighted by Gasteiger charge is -2.16. The smallest absolute Gasteiger partial charge is 0.260 e. The molecule has 94 valence electrons. The van der Waals surface area contributed by atoms with Crippen LogP contribution in [0.1, 0.15) is 20.8 Å². The van der Waals surface area contributed by atoms with E-state index in [1.807, 2.05) is 13.8 Å². The average Bonchev–Trinajstić information content (AvgIpc) is 2.21. The molecule has 1 unspecified atom stereocenters. The highest BCUT2D eigenvalue weighted by molar-refractivity contribution is 9.10. The van der Waals surface area contributed by atoms with Crippen LogP contribution in [0.2, 0.25) is 0 Å². The van der Waals surface area contributed by atoms with Gasteiger partial charge in [0.2, 0.25) is 0 Å².